The highest BCUT2D eigenvalue weighted by molar-refractivity contribution is 5.96. The number of hydrogen-bond donors (Lipinski definition) is 2. The van der Waals surface area contributed by atoms with E-state index in [4.69, 9.17) is 5.11 Å². The normalized spacial score (nSPS) is 11.3. The molecular formula is C9H13NO5. The summed E-state index contributed by atoms with van der Waals surface area (Å²) in [7, 11) is 1.12. The van der Waals surface area contributed by atoms with E-state index in [1.807, 2.05) is 0 Å². The van der Waals surface area contributed by atoms with Crippen LogP contribution < -0.4 is 5.32 Å². The lowest BCUT2D eigenvalue weighted by Crippen LogP contribution is -2.43. The number of carbonyl (C=O) groups is 3. The smallest absolute Gasteiger partial charge is 0.328 e. The Morgan fingerprint density at radius 1 is 1.47 bits per heavy atom. The fourth-order valence-electron chi connectivity index (χ4n) is 0.792. The highest BCUT2D eigenvalue weighted by atomic mass is 16.5. The van der Waals surface area contributed by atoms with Crippen LogP contribution in [-0.2, 0) is 19.1 Å². The van der Waals surface area contributed by atoms with Crippen LogP contribution in [0.15, 0.2) is 12.2 Å². The van der Waals surface area contributed by atoms with E-state index >= 15 is 0 Å². The average molecular weight is 215 g/mol. The molecule has 6 nitrogen and oxygen atoms in total. The molecule has 15 heavy (non-hydrogen) atoms. The Morgan fingerprint density at radius 2 is 2.00 bits per heavy atom. The maximum atomic E-state index is 11.1. The summed E-state index contributed by atoms with van der Waals surface area (Å²) >= 11 is 0. The van der Waals surface area contributed by atoms with Gasteiger partial charge in [0.1, 0.15) is 6.04 Å². The third-order valence-electron chi connectivity index (χ3n) is 1.56. The van der Waals surface area contributed by atoms with Gasteiger partial charge in [0.25, 0.3) is 0 Å². The number of ether oxygens (including phenoxy) is 1. The van der Waals surface area contributed by atoms with Gasteiger partial charge in [-0.15, -0.1) is 0 Å². The zero-order valence-corrected chi connectivity index (χ0v) is 8.57. The summed E-state index contributed by atoms with van der Waals surface area (Å²) in [6.07, 6.45) is -0.522. The molecule has 0 radical (unpaired) electrons. The van der Waals surface area contributed by atoms with Crippen LogP contribution in [0.5, 0.6) is 0 Å². The maximum Gasteiger partial charge on any atom is 0.328 e. The van der Waals surface area contributed by atoms with Gasteiger partial charge in [-0.2, -0.15) is 0 Å². The number of rotatable bonds is 5. The fraction of sp³-hybridized carbons (Fsp3) is 0.444. The largest absolute Gasteiger partial charge is 0.481 e. The zero-order valence-electron chi connectivity index (χ0n) is 8.57. The molecule has 1 atom stereocenters. The van der Waals surface area contributed by atoms with E-state index in [-0.39, 0.29) is 5.57 Å². The molecule has 1 amide bonds. The van der Waals surface area contributed by atoms with Crippen LogP contribution in [0, 0.1) is 0 Å². The van der Waals surface area contributed by atoms with Crippen molar-refractivity contribution < 1.29 is 24.2 Å². The number of carboxylic acid groups (broad SMARTS) is 1. The quantitative estimate of drug-likeness (QED) is 0.485. The molecule has 0 aromatic carbocycles. The number of esters is 1. The first-order chi connectivity index (χ1) is 6.88. The lowest BCUT2D eigenvalue weighted by atomic mass is 10.2. The van der Waals surface area contributed by atoms with E-state index in [1.54, 1.807) is 0 Å². The predicted octanol–water partition coefficient (Wildman–Crippen LogP) is -0.305. The molecule has 6 heteroatoms. The molecule has 0 rings (SSSR count). The standard InChI is InChI=1S/C9H13NO5/c1-5(2)8(13)10-6(4-7(11)12)9(14)15-3/h6H,1,4H2,2-3H3,(H,10,13)(H,11,12)/t6-/m0/s1. The second kappa shape index (κ2) is 5.79. The van der Waals surface area contributed by atoms with Gasteiger partial charge < -0.3 is 15.2 Å². The number of nitrogens with one attached hydrogen (secondary N) is 1. The monoisotopic (exact) mass is 215 g/mol. The topological polar surface area (TPSA) is 92.7 Å². The van der Waals surface area contributed by atoms with Crippen molar-refractivity contribution in [1.82, 2.24) is 5.32 Å². The minimum Gasteiger partial charge on any atom is -0.481 e. The van der Waals surface area contributed by atoms with Crippen molar-refractivity contribution >= 4 is 17.8 Å². The molecule has 0 aliphatic heterocycles. The molecule has 0 heterocycles. The lowest BCUT2D eigenvalue weighted by molar-refractivity contribution is -0.149. The van der Waals surface area contributed by atoms with Crippen molar-refractivity contribution in [2.24, 2.45) is 0 Å². The van der Waals surface area contributed by atoms with Crippen molar-refractivity contribution in [3.63, 3.8) is 0 Å². The number of hydrogen-bond acceptors (Lipinski definition) is 4. The van der Waals surface area contributed by atoms with Crippen LogP contribution in [-0.4, -0.2) is 36.1 Å². The number of carboxylic acids is 1. The van der Waals surface area contributed by atoms with Crippen molar-refractivity contribution in [1.29, 1.82) is 0 Å². The molecule has 0 aliphatic rings. The van der Waals surface area contributed by atoms with E-state index in [1.165, 1.54) is 6.92 Å². The minimum atomic E-state index is -1.20. The number of methoxy groups -OCH3 is 1. The summed E-state index contributed by atoms with van der Waals surface area (Å²) in [5, 5.41) is 10.7. The van der Waals surface area contributed by atoms with Crippen LogP contribution in [0.1, 0.15) is 13.3 Å². The second-order valence-corrected chi connectivity index (χ2v) is 2.93. The van der Waals surface area contributed by atoms with Gasteiger partial charge in [-0.3, -0.25) is 9.59 Å². The van der Waals surface area contributed by atoms with Gasteiger partial charge in [0.2, 0.25) is 5.91 Å². The molecule has 0 bridgehead atoms. The molecule has 0 aromatic rings. The van der Waals surface area contributed by atoms with Gasteiger partial charge in [-0.25, -0.2) is 4.79 Å². The Labute approximate surface area is 86.9 Å². The Balaban J connectivity index is 4.50. The summed E-state index contributed by atoms with van der Waals surface area (Å²) in [6.45, 7) is 4.81. The zero-order chi connectivity index (χ0) is 12.0. The van der Waals surface area contributed by atoms with Gasteiger partial charge in [0.05, 0.1) is 13.5 Å². The van der Waals surface area contributed by atoms with Crippen LogP contribution in [0.2, 0.25) is 0 Å². The summed E-state index contributed by atoms with van der Waals surface area (Å²) < 4.78 is 4.35. The lowest BCUT2D eigenvalue weighted by Gasteiger charge is -2.14. The minimum absolute atomic E-state index is 0.189. The summed E-state index contributed by atoms with van der Waals surface area (Å²) in [5.41, 5.74) is 0.189. The number of amides is 1. The van der Waals surface area contributed by atoms with Gasteiger partial charge in [0.15, 0.2) is 0 Å². The van der Waals surface area contributed by atoms with Gasteiger partial charge in [0, 0.05) is 5.57 Å². The first kappa shape index (κ1) is 13.2. The Bertz CT molecular complexity index is 297. The van der Waals surface area contributed by atoms with Gasteiger partial charge in [-0.05, 0) is 6.92 Å². The Kier molecular flexibility index (Phi) is 5.08. The van der Waals surface area contributed by atoms with Crippen molar-refractivity contribution in [3.05, 3.63) is 12.2 Å². The third kappa shape index (κ3) is 4.80. The predicted molar refractivity (Wildman–Crippen MR) is 51.0 cm³/mol. The number of carbonyl (C=O) groups excluding carboxylic acids is 2. The highest BCUT2D eigenvalue weighted by Gasteiger charge is 2.24. The molecule has 0 aliphatic carbocycles. The molecule has 0 spiro atoms. The molecule has 0 saturated carbocycles. The van der Waals surface area contributed by atoms with Crippen LogP contribution in [0.3, 0.4) is 0 Å². The summed E-state index contributed by atoms with van der Waals surface area (Å²) in [5.74, 6) is -2.58. The second-order valence-electron chi connectivity index (χ2n) is 2.93. The molecular weight excluding hydrogens is 202 g/mol. The van der Waals surface area contributed by atoms with Crippen molar-refractivity contribution in [2.45, 2.75) is 19.4 Å². The van der Waals surface area contributed by atoms with E-state index in [9.17, 15) is 14.4 Å². The Morgan fingerprint density at radius 3 is 2.33 bits per heavy atom. The van der Waals surface area contributed by atoms with Gasteiger partial charge >= 0.3 is 11.9 Å². The molecule has 0 fully saturated rings. The van der Waals surface area contributed by atoms with Crippen molar-refractivity contribution in [3.8, 4) is 0 Å². The SMILES string of the molecule is C=C(C)C(=O)N[C@@H](CC(=O)O)C(=O)OC. The van der Waals surface area contributed by atoms with E-state index in [2.05, 4.69) is 16.6 Å². The Hall–Kier alpha value is -1.85. The summed E-state index contributed by atoms with van der Waals surface area (Å²) in [6, 6.07) is -1.18. The molecule has 84 valence electrons. The average Bonchev–Trinajstić information content (AvgIpc) is 2.14. The molecule has 0 unspecified atom stereocenters. The van der Waals surface area contributed by atoms with Crippen molar-refractivity contribution in [2.75, 3.05) is 7.11 Å². The maximum absolute atomic E-state index is 11.1. The molecule has 2 N–H and O–H groups in total. The molecule has 0 saturated heterocycles. The summed E-state index contributed by atoms with van der Waals surface area (Å²) in [4.78, 5) is 32.6. The first-order valence-corrected chi connectivity index (χ1v) is 4.14. The molecule has 0 aromatic heterocycles. The fourth-order valence-corrected chi connectivity index (χ4v) is 0.792. The van der Waals surface area contributed by atoms with Crippen LogP contribution in [0.4, 0.5) is 0 Å². The van der Waals surface area contributed by atoms with E-state index < -0.39 is 30.3 Å². The highest BCUT2D eigenvalue weighted by Crippen LogP contribution is 1.97. The van der Waals surface area contributed by atoms with Crippen LogP contribution in [0.25, 0.3) is 0 Å². The van der Waals surface area contributed by atoms with Gasteiger partial charge in [-0.1, -0.05) is 6.58 Å². The van der Waals surface area contributed by atoms with E-state index in [0.717, 1.165) is 7.11 Å². The third-order valence-corrected chi connectivity index (χ3v) is 1.56. The van der Waals surface area contributed by atoms with E-state index in [0.29, 0.717) is 0 Å². The number of aliphatic carboxylic acids is 1. The first-order valence-electron chi connectivity index (χ1n) is 4.14. The van der Waals surface area contributed by atoms with Crippen LogP contribution >= 0.6 is 0 Å².